The number of hydrogen-bond acceptors (Lipinski definition) is 4. The molecular formula is C23H27N3O2S. The number of rotatable bonds is 7. The van der Waals surface area contributed by atoms with Crippen molar-refractivity contribution in [3.8, 4) is 5.75 Å². The van der Waals surface area contributed by atoms with Crippen LogP contribution >= 0.6 is 11.8 Å². The van der Waals surface area contributed by atoms with E-state index in [2.05, 4.69) is 22.0 Å². The Morgan fingerprint density at radius 2 is 1.93 bits per heavy atom. The van der Waals surface area contributed by atoms with Crippen LogP contribution in [-0.2, 0) is 5.75 Å². The minimum absolute atomic E-state index is 0.340. The molecule has 1 fully saturated rings. The standard InChI is InChI=1S/C23H27N3O2S/c24-23(28)18-3-6-21-19(14-25-22(21)13-18)15-29-12-11-26-9-7-17(8-10-26)16-1-4-20(27)5-2-16/h1-6,13-14,17,25,27H,7-12,15H2,(H2,24,28). The first-order valence-electron chi connectivity index (χ1n) is 10.1. The van der Waals surface area contributed by atoms with Gasteiger partial charge in [-0.15, -0.1) is 0 Å². The van der Waals surface area contributed by atoms with E-state index in [-0.39, 0.29) is 0 Å². The van der Waals surface area contributed by atoms with Gasteiger partial charge < -0.3 is 20.7 Å². The SMILES string of the molecule is NC(=O)c1ccc2c(CSCCN3CCC(c4ccc(O)cc4)CC3)c[nH]c2c1. The highest BCUT2D eigenvalue weighted by atomic mass is 32.2. The second-order valence-corrected chi connectivity index (χ2v) is 8.80. The molecule has 1 aliphatic heterocycles. The number of carbonyl (C=O) groups is 1. The van der Waals surface area contributed by atoms with Crippen LogP contribution in [0, 0.1) is 0 Å². The van der Waals surface area contributed by atoms with Crippen molar-refractivity contribution in [2.75, 3.05) is 25.4 Å². The highest BCUT2D eigenvalue weighted by molar-refractivity contribution is 7.98. The number of aromatic hydroxyl groups is 1. The van der Waals surface area contributed by atoms with Gasteiger partial charge in [-0.25, -0.2) is 0 Å². The van der Waals surface area contributed by atoms with Gasteiger partial charge in [0.2, 0.25) is 5.91 Å². The number of likely N-dealkylation sites (tertiary alicyclic amines) is 1. The first kappa shape index (κ1) is 19.9. The summed E-state index contributed by atoms with van der Waals surface area (Å²) in [7, 11) is 0. The summed E-state index contributed by atoms with van der Waals surface area (Å²) in [5, 5.41) is 10.6. The topological polar surface area (TPSA) is 82.3 Å². The second-order valence-electron chi connectivity index (χ2n) is 7.70. The molecule has 2 heterocycles. The Morgan fingerprint density at radius 1 is 1.17 bits per heavy atom. The van der Waals surface area contributed by atoms with Crippen LogP contribution in [0.5, 0.6) is 5.75 Å². The fraction of sp³-hybridized carbons (Fsp3) is 0.348. The number of H-pyrrole nitrogens is 1. The molecule has 0 spiro atoms. The van der Waals surface area contributed by atoms with Gasteiger partial charge in [0.05, 0.1) is 0 Å². The Kier molecular flexibility index (Phi) is 6.11. The number of nitrogens with two attached hydrogens (primary N) is 1. The number of benzene rings is 2. The normalized spacial score (nSPS) is 15.7. The Balaban J connectivity index is 1.22. The molecule has 0 radical (unpaired) electrons. The van der Waals surface area contributed by atoms with Gasteiger partial charge in [0.25, 0.3) is 0 Å². The molecule has 2 aromatic carbocycles. The molecule has 0 saturated carbocycles. The molecule has 5 nitrogen and oxygen atoms in total. The van der Waals surface area contributed by atoms with Gasteiger partial charge in [-0.3, -0.25) is 4.79 Å². The third kappa shape index (κ3) is 4.77. The number of aromatic amines is 1. The van der Waals surface area contributed by atoms with Crippen LogP contribution in [0.15, 0.2) is 48.7 Å². The van der Waals surface area contributed by atoms with E-state index in [9.17, 15) is 9.90 Å². The lowest BCUT2D eigenvalue weighted by Crippen LogP contribution is -2.34. The summed E-state index contributed by atoms with van der Waals surface area (Å²) in [4.78, 5) is 17.1. The lowest BCUT2D eigenvalue weighted by molar-refractivity contribution is 0.100. The smallest absolute Gasteiger partial charge is 0.248 e. The maximum atomic E-state index is 11.3. The molecule has 6 heteroatoms. The molecule has 1 aliphatic rings. The Bertz CT molecular complexity index is 975. The summed E-state index contributed by atoms with van der Waals surface area (Å²) in [6.45, 7) is 3.38. The van der Waals surface area contributed by atoms with Crippen molar-refractivity contribution in [1.82, 2.24) is 9.88 Å². The van der Waals surface area contributed by atoms with E-state index in [4.69, 9.17) is 5.73 Å². The average molecular weight is 410 g/mol. The third-order valence-corrected chi connectivity index (χ3v) is 6.80. The van der Waals surface area contributed by atoms with Crippen LogP contribution in [-0.4, -0.2) is 46.3 Å². The zero-order chi connectivity index (χ0) is 20.2. The molecule has 0 bridgehead atoms. The maximum Gasteiger partial charge on any atom is 0.248 e. The number of hydrogen-bond donors (Lipinski definition) is 3. The number of nitrogens with one attached hydrogen (secondary N) is 1. The van der Waals surface area contributed by atoms with Gasteiger partial charge in [0.1, 0.15) is 5.75 Å². The number of fused-ring (bicyclic) bond motifs is 1. The summed E-state index contributed by atoms with van der Waals surface area (Å²) < 4.78 is 0. The summed E-state index contributed by atoms with van der Waals surface area (Å²) in [6.07, 6.45) is 4.39. The lowest BCUT2D eigenvalue weighted by Gasteiger charge is -2.32. The van der Waals surface area contributed by atoms with Gasteiger partial charge >= 0.3 is 0 Å². The van der Waals surface area contributed by atoms with Crippen molar-refractivity contribution in [1.29, 1.82) is 0 Å². The predicted molar refractivity (Wildman–Crippen MR) is 120 cm³/mol. The van der Waals surface area contributed by atoms with Gasteiger partial charge in [-0.1, -0.05) is 18.2 Å². The summed E-state index contributed by atoms with van der Waals surface area (Å²) >= 11 is 1.95. The fourth-order valence-electron chi connectivity index (χ4n) is 4.07. The van der Waals surface area contributed by atoms with Crippen LogP contribution in [0.25, 0.3) is 10.9 Å². The molecule has 1 aromatic heterocycles. The zero-order valence-electron chi connectivity index (χ0n) is 16.4. The minimum atomic E-state index is -0.397. The van der Waals surface area contributed by atoms with E-state index >= 15 is 0 Å². The number of aromatic nitrogens is 1. The number of amides is 1. The monoisotopic (exact) mass is 409 g/mol. The molecule has 1 amide bonds. The van der Waals surface area contributed by atoms with Crippen LogP contribution in [0.2, 0.25) is 0 Å². The zero-order valence-corrected chi connectivity index (χ0v) is 17.3. The summed E-state index contributed by atoms with van der Waals surface area (Å²) in [6, 6.07) is 13.3. The molecule has 1 saturated heterocycles. The van der Waals surface area contributed by atoms with Gasteiger partial charge in [-0.2, -0.15) is 11.8 Å². The van der Waals surface area contributed by atoms with Gasteiger partial charge in [0, 0.05) is 40.7 Å². The maximum absolute atomic E-state index is 11.3. The van der Waals surface area contributed by atoms with E-state index in [1.807, 2.05) is 30.1 Å². The largest absolute Gasteiger partial charge is 0.508 e. The molecule has 0 atom stereocenters. The molecule has 3 aromatic rings. The van der Waals surface area contributed by atoms with Crippen molar-refractivity contribution >= 4 is 28.6 Å². The molecule has 4 N–H and O–H groups in total. The Hall–Kier alpha value is -2.44. The van der Waals surface area contributed by atoms with Gasteiger partial charge in [0.15, 0.2) is 0 Å². The number of primary amides is 1. The molecule has 152 valence electrons. The molecule has 0 unspecified atom stereocenters. The van der Waals surface area contributed by atoms with E-state index in [1.165, 1.54) is 24.0 Å². The van der Waals surface area contributed by atoms with Crippen molar-refractivity contribution in [2.24, 2.45) is 5.73 Å². The van der Waals surface area contributed by atoms with Crippen molar-refractivity contribution in [3.05, 3.63) is 65.4 Å². The average Bonchev–Trinajstić information content (AvgIpc) is 3.14. The summed E-state index contributed by atoms with van der Waals surface area (Å²) in [5.41, 5.74) is 9.47. The Labute approximate surface area is 175 Å². The van der Waals surface area contributed by atoms with E-state index in [1.54, 1.807) is 18.2 Å². The number of nitrogens with zero attached hydrogens (tertiary/aromatic N) is 1. The van der Waals surface area contributed by atoms with Crippen LogP contribution in [0.1, 0.15) is 40.2 Å². The van der Waals surface area contributed by atoms with Crippen LogP contribution < -0.4 is 5.73 Å². The molecule has 0 aliphatic carbocycles. The van der Waals surface area contributed by atoms with Crippen molar-refractivity contribution in [2.45, 2.75) is 24.5 Å². The highest BCUT2D eigenvalue weighted by Gasteiger charge is 2.20. The number of phenolic OH excluding ortho intramolecular Hbond substituents is 1. The first-order valence-corrected chi connectivity index (χ1v) is 11.2. The van der Waals surface area contributed by atoms with E-state index in [0.29, 0.717) is 17.2 Å². The van der Waals surface area contributed by atoms with Crippen molar-refractivity contribution < 1.29 is 9.90 Å². The molecule has 29 heavy (non-hydrogen) atoms. The Morgan fingerprint density at radius 3 is 2.66 bits per heavy atom. The van der Waals surface area contributed by atoms with E-state index < -0.39 is 5.91 Å². The predicted octanol–water partition coefficient (Wildman–Crippen LogP) is 4.09. The minimum Gasteiger partial charge on any atom is -0.508 e. The van der Waals surface area contributed by atoms with Gasteiger partial charge in [-0.05, 0) is 67.2 Å². The number of thioether (sulfide) groups is 1. The van der Waals surface area contributed by atoms with Crippen molar-refractivity contribution in [3.63, 3.8) is 0 Å². The number of phenols is 1. The van der Waals surface area contributed by atoms with E-state index in [0.717, 1.165) is 42.0 Å². The quantitative estimate of drug-likeness (QED) is 0.514. The van der Waals surface area contributed by atoms with Crippen LogP contribution in [0.4, 0.5) is 0 Å². The molecular weight excluding hydrogens is 382 g/mol. The van der Waals surface area contributed by atoms with Crippen LogP contribution in [0.3, 0.4) is 0 Å². The highest BCUT2D eigenvalue weighted by Crippen LogP contribution is 2.29. The lowest BCUT2D eigenvalue weighted by atomic mass is 9.89. The third-order valence-electron chi connectivity index (χ3n) is 5.81. The summed E-state index contributed by atoms with van der Waals surface area (Å²) in [5.74, 6) is 2.62. The number of piperidine rings is 1. The molecule has 4 rings (SSSR count). The first-order chi connectivity index (χ1) is 14.1. The fourth-order valence-corrected chi connectivity index (χ4v) is 5.06. The number of carbonyl (C=O) groups excluding carboxylic acids is 1. The second kappa shape index (κ2) is 8.93.